The van der Waals surface area contributed by atoms with Gasteiger partial charge in [-0.15, -0.1) is 0 Å². The van der Waals surface area contributed by atoms with E-state index in [2.05, 4.69) is 9.72 Å². The molecule has 6 heteroatoms. The molecule has 2 rings (SSSR count). The second-order valence-corrected chi connectivity index (χ2v) is 4.43. The van der Waals surface area contributed by atoms with Gasteiger partial charge in [0, 0.05) is 12.1 Å². The molecule has 0 saturated heterocycles. The standard InChI is InChI=1S/C12H14F3NO2/c1-18-11-9(12(13,14)15)5-7(6-16-11)8-3-2-4-10(8)17/h5-6,8,10,17H,2-4H2,1H3/t8-,10+/m1/s1. The first-order valence-corrected chi connectivity index (χ1v) is 5.72. The van der Waals surface area contributed by atoms with Crippen LogP contribution in [0.3, 0.4) is 0 Å². The predicted octanol–water partition coefficient (Wildman–Crippen LogP) is 2.74. The molecule has 1 heterocycles. The van der Waals surface area contributed by atoms with Crippen molar-refractivity contribution < 1.29 is 23.0 Å². The highest BCUT2D eigenvalue weighted by Gasteiger charge is 2.37. The van der Waals surface area contributed by atoms with Crippen LogP contribution in [0.15, 0.2) is 12.3 Å². The van der Waals surface area contributed by atoms with Crippen molar-refractivity contribution in [3.05, 3.63) is 23.4 Å². The third-order valence-electron chi connectivity index (χ3n) is 3.28. The largest absolute Gasteiger partial charge is 0.481 e. The first-order valence-electron chi connectivity index (χ1n) is 5.72. The molecular formula is C12H14F3NO2. The maximum Gasteiger partial charge on any atom is 0.421 e. The minimum Gasteiger partial charge on any atom is -0.481 e. The van der Waals surface area contributed by atoms with E-state index in [0.717, 1.165) is 19.6 Å². The van der Waals surface area contributed by atoms with Crippen molar-refractivity contribution in [1.82, 2.24) is 4.98 Å². The second kappa shape index (κ2) is 4.76. The van der Waals surface area contributed by atoms with Gasteiger partial charge in [-0.05, 0) is 24.5 Å². The lowest BCUT2D eigenvalue weighted by molar-refractivity contribution is -0.139. The number of pyridine rings is 1. The lowest BCUT2D eigenvalue weighted by Gasteiger charge is -2.17. The maximum atomic E-state index is 12.8. The number of aliphatic hydroxyl groups excluding tert-OH is 1. The van der Waals surface area contributed by atoms with E-state index in [0.29, 0.717) is 18.4 Å². The maximum absolute atomic E-state index is 12.8. The normalized spacial score (nSPS) is 24.3. The van der Waals surface area contributed by atoms with Crippen molar-refractivity contribution in [3.63, 3.8) is 0 Å². The molecule has 1 saturated carbocycles. The summed E-state index contributed by atoms with van der Waals surface area (Å²) in [5, 5.41) is 9.72. The zero-order chi connectivity index (χ0) is 13.3. The summed E-state index contributed by atoms with van der Waals surface area (Å²) in [5.74, 6) is -0.691. The molecule has 1 aliphatic carbocycles. The molecule has 1 aromatic rings. The van der Waals surface area contributed by atoms with Crippen LogP contribution >= 0.6 is 0 Å². The van der Waals surface area contributed by atoms with E-state index >= 15 is 0 Å². The molecule has 100 valence electrons. The highest BCUT2D eigenvalue weighted by atomic mass is 19.4. The van der Waals surface area contributed by atoms with Crippen molar-refractivity contribution >= 4 is 0 Å². The number of hydrogen-bond acceptors (Lipinski definition) is 3. The molecule has 1 N–H and O–H groups in total. The Labute approximate surface area is 103 Å². The van der Waals surface area contributed by atoms with Crippen molar-refractivity contribution in [2.75, 3.05) is 7.11 Å². The monoisotopic (exact) mass is 261 g/mol. The third kappa shape index (κ3) is 2.43. The van der Waals surface area contributed by atoms with Gasteiger partial charge in [0.15, 0.2) is 0 Å². The molecule has 2 atom stereocenters. The van der Waals surface area contributed by atoms with E-state index in [1.165, 1.54) is 6.20 Å². The number of aliphatic hydroxyl groups is 1. The van der Waals surface area contributed by atoms with Crippen molar-refractivity contribution in [2.45, 2.75) is 37.5 Å². The summed E-state index contributed by atoms with van der Waals surface area (Å²) in [7, 11) is 1.15. The summed E-state index contributed by atoms with van der Waals surface area (Å²) in [6, 6.07) is 1.03. The van der Waals surface area contributed by atoms with Gasteiger partial charge in [-0.3, -0.25) is 0 Å². The van der Waals surface area contributed by atoms with Crippen LogP contribution in [-0.4, -0.2) is 23.3 Å². The number of methoxy groups -OCH3 is 1. The average Bonchev–Trinajstić information content (AvgIpc) is 2.73. The summed E-state index contributed by atoms with van der Waals surface area (Å²) < 4.78 is 43.1. The summed E-state index contributed by atoms with van der Waals surface area (Å²) >= 11 is 0. The van der Waals surface area contributed by atoms with Gasteiger partial charge >= 0.3 is 6.18 Å². The number of nitrogens with zero attached hydrogens (tertiary/aromatic N) is 1. The average molecular weight is 261 g/mol. The fraction of sp³-hybridized carbons (Fsp3) is 0.583. The number of rotatable bonds is 2. The van der Waals surface area contributed by atoms with E-state index < -0.39 is 23.7 Å². The highest BCUT2D eigenvalue weighted by Crippen LogP contribution is 2.40. The summed E-state index contributed by atoms with van der Waals surface area (Å²) in [4.78, 5) is 3.69. The Morgan fingerprint density at radius 3 is 2.61 bits per heavy atom. The molecule has 0 amide bonds. The van der Waals surface area contributed by atoms with Crippen molar-refractivity contribution in [3.8, 4) is 5.88 Å². The first kappa shape index (κ1) is 13.1. The molecule has 0 spiro atoms. The van der Waals surface area contributed by atoms with Gasteiger partial charge in [0.1, 0.15) is 5.56 Å². The molecule has 0 radical (unpaired) electrons. The van der Waals surface area contributed by atoms with Gasteiger partial charge in [0.25, 0.3) is 0 Å². The highest BCUT2D eigenvalue weighted by molar-refractivity contribution is 5.34. The lowest BCUT2D eigenvalue weighted by atomic mass is 9.96. The van der Waals surface area contributed by atoms with Crippen LogP contribution in [0, 0.1) is 0 Å². The fourth-order valence-corrected chi connectivity index (χ4v) is 2.37. The summed E-state index contributed by atoms with van der Waals surface area (Å²) in [6.07, 6.45) is -1.60. The van der Waals surface area contributed by atoms with Gasteiger partial charge in [0.05, 0.1) is 13.2 Å². The van der Waals surface area contributed by atoms with E-state index in [9.17, 15) is 18.3 Å². The van der Waals surface area contributed by atoms with Crippen LogP contribution in [-0.2, 0) is 6.18 Å². The SMILES string of the molecule is COc1ncc([C@H]2CCC[C@@H]2O)cc1C(F)(F)F. The van der Waals surface area contributed by atoms with E-state index in [-0.39, 0.29) is 5.92 Å². The fourth-order valence-electron chi connectivity index (χ4n) is 2.37. The molecule has 1 aromatic heterocycles. The Morgan fingerprint density at radius 2 is 2.11 bits per heavy atom. The van der Waals surface area contributed by atoms with Crippen LogP contribution in [0.4, 0.5) is 13.2 Å². The minimum absolute atomic E-state index is 0.260. The minimum atomic E-state index is -4.50. The van der Waals surface area contributed by atoms with E-state index in [4.69, 9.17) is 0 Å². The number of alkyl halides is 3. The van der Waals surface area contributed by atoms with Gasteiger partial charge in [-0.2, -0.15) is 13.2 Å². The smallest absolute Gasteiger partial charge is 0.421 e. The molecule has 1 fully saturated rings. The Balaban J connectivity index is 2.39. The van der Waals surface area contributed by atoms with Crippen LogP contribution in [0.1, 0.15) is 36.3 Å². The first-order chi connectivity index (χ1) is 8.43. The third-order valence-corrected chi connectivity index (χ3v) is 3.28. The van der Waals surface area contributed by atoms with E-state index in [1.54, 1.807) is 0 Å². The topological polar surface area (TPSA) is 42.4 Å². The van der Waals surface area contributed by atoms with Gasteiger partial charge in [0.2, 0.25) is 5.88 Å². The zero-order valence-electron chi connectivity index (χ0n) is 9.87. The molecule has 0 aliphatic heterocycles. The molecular weight excluding hydrogens is 247 g/mol. The van der Waals surface area contributed by atoms with Crippen LogP contribution in [0.2, 0.25) is 0 Å². The quantitative estimate of drug-likeness (QED) is 0.890. The van der Waals surface area contributed by atoms with Gasteiger partial charge in [-0.25, -0.2) is 4.98 Å². The van der Waals surface area contributed by atoms with E-state index in [1.807, 2.05) is 0 Å². The summed E-state index contributed by atoms with van der Waals surface area (Å²) in [5.41, 5.74) is -0.463. The zero-order valence-corrected chi connectivity index (χ0v) is 9.87. The molecule has 1 aliphatic rings. The molecule has 3 nitrogen and oxygen atoms in total. The number of hydrogen-bond donors (Lipinski definition) is 1. The number of ether oxygens (including phenoxy) is 1. The van der Waals surface area contributed by atoms with Crippen molar-refractivity contribution in [2.24, 2.45) is 0 Å². The van der Waals surface area contributed by atoms with Crippen LogP contribution in [0.25, 0.3) is 0 Å². The van der Waals surface area contributed by atoms with Crippen LogP contribution in [0.5, 0.6) is 5.88 Å². The Kier molecular flexibility index (Phi) is 3.47. The Morgan fingerprint density at radius 1 is 1.39 bits per heavy atom. The molecule has 18 heavy (non-hydrogen) atoms. The van der Waals surface area contributed by atoms with Crippen LogP contribution < -0.4 is 4.74 Å². The molecule has 0 aromatic carbocycles. The van der Waals surface area contributed by atoms with Crippen molar-refractivity contribution in [1.29, 1.82) is 0 Å². The lowest BCUT2D eigenvalue weighted by Crippen LogP contribution is -2.14. The number of halogens is 3. The number of aromatic nitrogens is 1. The molecule has 0 unspecified atom stereocenters. The second-order valence-electron chi connectivity index (χ2n) is 4.43. The van der Waals surface area contributed by atoms with Gasteiger partial charge in [-0.1, -0.05) is 6.42 Å². The Hall–Kier alpha value is -1.30. The predicted molar refractivity (Wildman–Crippen MR) is 58.4 cm³/mol. The van der Waals surface area contributed by atoms with Gasteiger partial charge < -0.3 is 9.84 Å². The Bertz CT molecular complexity index is 434. The summed E-state index contributed by atoms with van der Waals surface area (Å²) in [6.45, 7) is 0. The molecule has 0 bridgehead atoms.